The summed E-state index contributed by atoms with van der Waals surface area (Å²) >= 11 is 0. The van der Waals surface area contributed by atoms with Gasteiger partial charge in [0.2, 0.25) is 0 Å². The summed E-state index contributed by atoms with van der Waals surface area (Å²) in [7, 11) is 0. The van der Waals surface area contributed by atoms with Crippen molar-refractivity contribution in [2.24, 2.45) is 5.73 Å². The summed E-state index contributed by atoms with van der Waals surface area (Å²) in [6, 6.07) is 8.73. The molecule has 0 spiro atoms. The van der Waals surface area contributed by atoms with Crippen LogP contribution in [0.3, 0.4) is 0 Å². The normalized spacial score (nSPS) is 15.2. The van der Waals surface area contributed by atoms with E-state index < -0.39 is 0 Å². The van der Waals surface area contributed by atoms with Gasteiger partial charge in [0.1, 0.15) is 17.3 Å². The molecule has 1 aromatic carbocycles. The van der Waals surface area contributed by atoms with Gasteiger partial charge < -0.3 is 15.6 Å². The van der Waals surface area contributed by atoms with Gasteiger partial charge in [-0.05, 0) is 54.8 Å². The Labute approximate surface area is 220 Å². The predicted octanol–water partition coefficient (Wildman–Crippen LogP) is 3.70. The minimum absolute atomic E-state index is 0.173. The van der Waals surface area contributed by atoms with Crippen LogP contribution < -0.4 is 21.2 Å². The number of nitrogens with two attached hydrogens (primary N) is 1. The zero-order chi connectivity index (χ0) is 26.8. The molecule has 0 saturated carbocycles. The Balaban J connectivity index is 1.55. The Morgan fingerprint density at radius 2 is 2.05 bits per heavy atom. The van der Waals surface area contributed by atoms with E-state index in [2.05, 4.69) is 38.2 Å². The average molecular weight is 508 g/mol. The molecule has 0 atom stereocenters. The molecule has 0 amide bonds. The molecule has 5 rings (SSSR count). The van der Waals surface area contributed by atoms with Crippen molar-refractivity contribution in [3.63, 3.8) is 0 Å². The molecule has 38 heavy (non-hydrogen) atoms. The molecule has 0 radical (unpaired) electrons. The zero-order valence-electron chi connectivity index (χ0n) is 21.5. The van der Waals surface area contributed by atoms with Gasteiger partial charge in [0.25, 0.3) is 0 Å². The van der Waals surface area contributed by atoms with Crippen molar-refractivity contribution in [2.45, 2.75) is 19.9 Å². The minimum atomic E-state index is -0.292. The van der Waals surface area contributed by atoms with E-state index in [9.17, 15) is 4.39 Å². The number of benzene rings is 1. The quantitative estimate of drug-likeness (QED) is 0.331. The molecule has 1 fully saturated rings. The minimum Gasteiger partial charge on any atom is -0.357 e. The van der Waals surface area contributed by atoms with E-state index in [0.29, 0.717) is 5.35 Å². The highest BCUT2D eigenvalue weighted by Gasteiger charge is 2.24. The molecule has 8 heteroatoms. The topological polar surface area (TPSA) is 99.5 Å². The lowest BCUT2D eigenvalue weighted by Crippen LogP contribution is -2.56. The van der Waals surface area contributed by atoms with E-state index in [0.717, 1.165) is 69.2 Å². The molecule has 0 aliphatic carbocycles. The largest absolute Gasteiger partial charge is 0.357 e. The number of H-pyrrole nitrogens is 2. The number of allylic oxidation sites excluding steroid dienone is 4. The molecule has 1 aliphatic rings. The van der Waals surface area contributed by atoms with Crippen LogP contribution in [0.25, 0.3) is 35.2 Å². The number of rotatable bonds is 7. The first-order chi connectivity index (χ1) is 18.4. The third kappa shape index (κ3) is 4.86. The van der Waals surface area contributed by atoms with E-state index in [1.807, 2.05) is 44.2 Å². The molecule has 4 N–H and O–H groups in total. The summed E-state index contributed by atoms with van der Waals surface area (Å²) in [5.74, 6) is 0.516. The van der Waals surface area contributed by atoms with Crippen LogP contribution in [0.15, 0.2) is 67.5 Å². The molecule has 192 valence electrons. The van der Waals surface area contributed by atoms with Crippen molar-refractivity contribution in [3.05, 3.63) is 106 Å². The lowest BCUT2D eigenvalue weighted by Gasteiger charge is -2.37. The maximum atomic E-state index is 14.0. The van der Waals surface area contributed by atoms with Crippen molar-refractivity contribution in [2.75, 3.05) is 18.0 Å². The summed E-state index contributed by atoms with van der Waals surface area (Å²) in [4.78, 5) is 14.8. The number of aromatic nitrogens is 5. The van der Waals surface area contributed by atoms with Crippen molar-refractivity contribution >= 4 is 29.6 Å². The van der Waals surface area contributed by atoms with Gasteiger partial charge >= 0.3 is 0 Å². The van der Waals surface area contributed by atoms with E-state index in [-0.39, 0.29) is 11.9 Å². The molecule has 7 nitrogen and oxygen atoms in total. The molecule has 0 unspecified atom stereocenters. The molecular weight excluding hydrogens is 477 g/mol. The fourth-order valence-corrected chi connectivity index (χ4v) is 4.64. The molecular formula is C30H30FN7. The Kier molecular flexibility index (Phi) is 6.89. The van der Waals surface area contributed by atoms with E-state index >= 15 is 0 Å². The van der Waals surface area contributed by atoms with Crippen LogP contribution in [-0.2, 0) is 0 Å². The van der Waals surface area contributed by atoms with Gasteiger partial charge in [-0.15, -0.1) is 0 Å². The zero-order valence-corrected chi connectivity index (χ0v) is 21.5. The predicted molar refractivity (Wildman–Crippen MR) is 152 cm³/mol. The number of aromatic amines is 2. The van der Waals surface area contributed by atoms with Crippen LogP contribution in [0.4, 0.5) is 10.2 Å². The van der Waals surface area contributed by atoms with Crippen LogP contribution in [0.2, 0.25) is 0 Å². The van der Waals surface area contributed by atoms with Crippen molar-refractivity contribution in [1.82, 2.24) is 25.1 Å². The summed E-state index contributed by atoms with van der Waals surface area (Å²) in [6.07, 6.45) is 11.1. The first-order valence-electron chi connectivity index (χ1n) is 12.4. The summed E-state index contributed by atoms with van der Waals surface area (Å²) in [5, 5.41) is 9.08. The molecule has 1 aliphatic heterocycles. The number of anilines is 1. The Morgan fingerprint density at radius 3 is 2.76 bits per heavy atom. The van der Waals surface area contributed by atoms with Crippen molar-refractivity contribution < 1.29 is 4.39 Å². The van der Waals surface area contributed by atoms with Crippen LogP contribution >= 0.6 is 0 Å². The van der Waals surface area contributed by atoms with Gasteiger partial charge in [0.05, 0.1) is 29.1 Å². The second-order valence-electron chi connectivity index (χ2n) is 9.33. The van der Waals surface area contributed by atoms with Gasteiger partial charge in [-0.3, -0.25) is 10.1 Å². The Morgan fingerprint density at radius 1 is 1.24 bits per heavy atom. The molecule has 1 saturated heterocycles. The maximum Gasteiger partial charge on any atom is 0.147 e. The average Bonchev–Trinajstić information content (AvgIpc) is 3.45. The van der Waals surface area contributed by atoms with Gasteiger partial charge in [-0.2, -0.15) is 5.10 Å². The molecule has 4 heterocycles. The van der Waals surface area contributed by atoms with Gasteiger partial charge in [0, 0.05) is 35.6 Å². The van der Waals surface area contributed by atoms with E-state index in [1.165, 1.54) is 12.1 Å². The van der Waals surface area contributed by atoms with Crippen LogP contribution in [0, 0.1) is 12.7 Å². The fourth-order valence-electron chi connectivity index (χ4n) is 4.64. The number of hydrogen-bond donors (Lipinski definition) is 3. The van der Waals surface area contributed by atoms with Crippen LogP contribution in [-0.4, -0.2) is 44.3 Å². The number of halogens is 1. The highest BCUT2D eigenvalue weighted by Crippen LogP contribution is 2.30. The fraction of sp³-hybridized carbons (Fsp3) is 0.167. The lowest BCUT2D eigenvalue weighted by atomic mass is 9.97. The lowest BCUT2D eigenvalue weighted by molar-refractivity contribution is 0.513. The number of hydrogen-bond acceptors (Lipinski definition) is 5. The summed E-state index contributed by atoms with van der Waals surface area (Å²) in [5.41, 5.74) is 12.6. The van der Waals surface area contributed by atoms with Crippen LogP contribution in [0.1, 0.15) is 29.4 Å². The first-order valence-corrected chi connectivity index (χ1v) is 12.4. The Hall–Kier alpha value is -4.56. The Bertz CT molecular complexity index is 1670. The van der Waals surface area contributed by atoms with Crippen molar-refractivity contribution in [3.8, 4) is 11.4 Å². The highest BCUT2D eigenvalue weighted by atomic mass is 19.1. The van der Waals surface area contributed by atoms with Gasteiger partial charge in [0.15, 0.2) is 0 Å². The second kappa shape index (κ2) is 10.4. The highest BCUT2D eigenvalue weighted by molar-refractivity contribution is 5.89. The number of aryl methyl sites for hydroxylation is 1. The smallest absolute Gasteiger partial charge is 0.147 e. The molecule has 0 bridgehead atoms. The van der Waals surface area contributed by atoms with Crippen molar-refractivity contribution in [1.29, 1.82) is 0 Å². The molecule has 4 aromatic rings. The third-order valence-electron chi connectivity index (χ3n) is 6.63. The van der Waals surface area contributed by atoms with E-state index in [1.54, 1.807) is 24.5 Å². The SMILES string of the molecule is C=C/C=C(/c1cccc(F)c1)c1cc(-c2n[nH]c(=C)/c2=C\C(=C/C)c2cncc(N3CC(N)C3)n2)[nH]c1C. The van der Waals surface area contributed by atoms with Crippen LogP contribution in [0.5, 0.6) is 0 Å². The summed E-state index contributed by atoms with van der Waals surface area (Å²) < 4.78 is 14.0. The standard InChI is InChI=1S/C30H30FN7/c1-5-8-24(21-9-7-10-22(31)11-21)25-13-27(34-18(25)3)30-26(19(4)36-37-30)12-20(6-2)28-14-33-15-29(35-28)38-16-23(32)17-38/h5-15,23,34,36H,1,4,16-17,32H2,2-3H3/b20-6+,24-8-,26-12+. The number of nitrogens with zero attached hydrogens (tertiary/aromatic N) is 4. The van der Waals surface area contributed by atoms with Gasteiger partial charge in [-0.1, -0.05) is 43.5 Å². The second-order valence-corrected chi connectivity index (χ2v) is 9.33. The first kappa shape index (κ1) is 25.1. The number of nitrogens with one attached hydrogen (secondary N) is 2. The van der Waals surface area contributed by atoms with Gasteiger partial charge in [-0.25, -0.2) is 9.37 Å². The maximum absolute atomic E-state index is 14.0. The molecule has 3 aromatic heterocycles. The summed E-state index contributed by atoms with van der Waals surface area (Å²) in [6.45, 7) is 13.5. The van der Waals surface area contributed by atoms with E-state index in [4.69, 9.17) is 10.7 Å². The monoisotopic (exact) mass is 507 g/mol. The third-order valence-corrected chi connectivity index (χ3v) is 6.63.